The summed E-state index contributed by atoms with van der Waals surface area (Å²) in [6.07, 6.45) is 3.05. The molecule has 0 aliphatic carbocycles. The van der Waals surface area contributed by atoms with Crippen molar-refractivity contribution >= 4 is 17.8 Å². The normalized spacial score (nSPS) is 20.0. The van der Waals surface area contributed by atoms with Gasteiger partial charge in [-0.1, -0.05) is 20.3 Å². The number of carbonyl (C=O) groups is 3. The molecule has 0 bridgehead atoms. The molecule has 0 radical (unpaired) electrons. The zero-order chi connectivity index (χ0) is 16.0. The molecule has 2 unspecified atom stereocenters. The van der Waals surface area contributed by atoms with Gasteiger partial charge >= 0.3 is 5.97 Å². The highest BCUT2D eigenvalue weighted by atomic mass is 16.4. The number of nitrogens with zero attached hydrogens (tertiary/aromatic N) is 2. The maximum atomic E-state index is 12.2. The van der Waals surface area contributed by atoms with E-state index in [0.29, 0.717) is 19.4 Å². The number of likely N-dealkylation sites (tertiary alicyclic amines) is 1. The second-order valence-electron chi connectivity index (χ2n) is 5.90. The van der Waals surface area contributed by atoms with E-state index in [1.54, 1.807) is 11.9 Å². The van der Waals surface area contributed by atoms with Crippen molar-refractivity contribution in [3.8, 4) is 0 Å². The first-order valence-corrected chi connectivity index (χ1v) is 7.62. The molecule has 1 rings (SSSR count). The molecule has 0 aromatic heterocycles. The minimum absolute atomic E-state index is 0.0270. The van der Waals surface area contributed by atoms with Gasteiger partial charge in [-0.3, -0.25) is 14.4 Å². The largest absolute Gasteiger partial charge is 0.481 e. The maximum absolute atomic E-state index is 12.2. The Morgan fingerprint density at radius 3 is 2.62 bits per heavy atom. The maximum Gasteiger partial charge on any atom is 0.308 e. The molecule has 0 spiro atoms. The molecule has 1 N–H and O–H groups in total. The van der Waals surface area contributed by atoms with E-state index >= 15 is 0 Å². The van der Waals surface area contributed by atoms with Gasteiger partial charge in [0.15, 0.2) is 0 Å². The fraction of sp³-hybridized carbons (Fsp3) is 0.800. The molecular weight excluding hydrogens is 272 g/mol. The van der Waals surface area contributed by atoms with Crippen LogP contribution in [0.3, 0.4) is 0 Å². The average molecular weight is 298 g/mol. The van der Waals surface area contributed by atoms with E-state index < -0.39 is 11.9 Å². The van der Waals surface area contributed by atoms with E-state index in [2.05, 4.69) is 0 Å². The highest BCUT2D eigenvalue weighted by Gasteiger charge is 2.29. The van der Waals surface area contributed by atoms with Gasteiger partial charge in [-0.15, -0.1) is 0 Å². The molecule has 1 heterocycles. The molecule has 1 fully saturated rings. The Labute approximate surface area is 126 Å². The number of likely N-dealkylation sites (N-methyl/N-ethyl adjacent to an activating group) is 1. The summed E-state index contributed by atoms with van der Waals surface area (Å²) in [5.41, 5.74) is 0. The number of hydrogen-bond donors (Lipinski definition) is 1. The quantitative estimate of drug-likeness (QED) is 0.799. The third kappa shape index (κ3) is 5.02. The van der Waals surface area contributed by atoms with Crippen LogP contribution >= 0.6 is 0 Å². The molecule has 0 saturated carbocycles. The number of piperidine rings is 1. The van der Waals surface area contributed by atoms with Crippen molar-refractivity contribution in [3.63, 3.8) is 0 Å². The molecule has 6 nitrogen and oxygen atoms in total. The van der Waals surface area contributed by atoms with Crippen molar-refractivity contribution in [1.82, 2.24) is 9.80 Å². The summed E-state index contributed by atoms with van der Waals surface area (Å²) in [7, 11) is 1.63. The van der Waals surface area contributed by atoms with Crippen molar-refractivity contribution in [3.05, 3.63) is 0 Å². The zero-order valence-corrected chi connectivity index (χ0v) is 13.2. The van der Waals surface area contributed by atoms with Crippen LogP contribution in [-0.2, 0) is 14.4 Å². The van der Waals surface area contributed by atoms with Crippen molar-refractivity contribution in [2.75, 3.05) is 26.7 Å². The Bertz CT molecular complexity index is 397. The fourth-order valence-electron chi connectivity index (χ4n) is 2.72. The van der Waals surface area contributed by atoms with E-state index in [4.69, 9.17) is 5.11 Å². The Morgan fingerprint density at radius 2 is 2.05 bits per heavy atom. The van der Waals surface area contributed by atoms with Crippen molar-refractivity contribution in [2.24, 2.45) is 11.8 Å². The summed E-state index contributed by atoms with van der Waals surface area (Å²) >= 11 is 0. The molecule has 0 aromatic rings. The van der Waals surface area contributed by atoms with Crippen LogP contribution in [0.5, 0.6) is 0 Å². The molecular formula is C15H26N2O4. The standard InChI is InChI=1S/C15H26N2O4/c1-4-6-11(2)14(19)16(3)10-13(18)17-8-5-7-12(9-17)15(20)21/h11-12H,4-10H2,1-3H3,(H,20,21). The number of carbonyl (C=O) groups excluding carboxylic acids is 2. The number of aliphatic carboxylic acids is 1. The lowest BCUT2D eigenvalue weighted by atomic mass is 9.98. The molecule has 21 heavy (non-hydrogen) atoms. The second-order valence-corrected chi connectivity index (χ2v) is 5.90. The predicted molar refractivity (Wildman–Crippen MR) is 78.6 cm³/mol. The summed E-state index contributed by atoms with van der Waals surface area (Å²) in [5, 5.41) is 9.04. The number of carboxylic acids is 1. The molecule has 1 aliphatic heterocycles. The zero-order valence-electron chi connectivity index (χ0n) is 13.2. The third-order valence-corrected chi connectivity index (χ3v) is 4.02. The average Bonchev–Trinajstić information content (AvgIpc) is 2.46. The molecule has 2 atom stereocenters. The van der Waals surface area contributed by atoms with Gasteiger partial charge < -0.3 is 14.9 Å². The number of amides is 2. The Balaban J connectivity index is 2.52. The van der Waals surface area contributed by atoms with Crippen LogP contribution in [0.1, 0.15) is 39.5 Å². The van der Waals surface area contributed by atoms with Crippen LogP contribution in [0.25, 0.3) is 0 Å². The summed E-state index contributed by atoms with van der Waals surface area (Å²) < 4.78 is 0. The molecule has 120 valence electrons. The summed E-state index contributed by atoms with van der Waals surface area (Å²) in [5.74, 6) is -1.62. The highest BCUT2D eigenvalue weighted by Crippen LogP contribution is 2.17. The van der Waals surface area contributed by atoms with Gasteiger partial charge in [-0.25, -0.2) is 0 Å². The number of hydrogen-bond acceptors (Lipinski definition) is 3. The molecule has 0 aromatic carbocycles. The Morgan fingerprint density at radius 1 is 1.38 bits per heavy atom. The monoisotopic (exact) mass is 298 g/mol. The second kappa shape index (κ2) is 8.00. The highest BCUT2D eigenvalue weighted by molar-refractivity contribution is 5.86. The lowest BCUT2D eigenvalue weighted by Crippen LogP contribution is -2.47. The van der Waals surface area contributed by atoms with Crippen LogP contribution < -0.4 is 0 Å². The van der Waals surface area contributed by atoms with Crippen molar-refractivity contribution in [1.29, 1.82) is 0 Å². The van der Waals surface area contributed by atoms with Gasteiger partial charge in [0.25, 0.3) is 0 Å². The van der Waals surface area contributed by atoms with E-state index in [1.807, 2.05) is 13.8 Å². The van der Waals surface area contributed by atoms with Crippen molar-refractivity contribution < 1.29 is 19.5 Å². The smallest absolute Gasteiger partial charge is 0.308 e. The van der Waals surface area contributed by atoms with Crippen LogP contribution in [0, 0.1) is 11.8 Å². The first-order chi connectivity index (χ1) is 9.86. The van der Waals surface area contributed by atoms with Gasteiger partial charge in [0.05, 0.1) is 12.5 Å². The molecule has 2 amide bonds. The molecule has 1 saturated heterocycles. The minimum atomic E-state index is -0.853. The lowest BCUT2D eigenvalue weighted by molar-refractivity contribution is -0.147. The van der Waals surface area contributed by atoms with Crippen molar-refractivity contribution in [2.45, 2.75) is 39.5 Å². The van der Waals surface area contributed by atoms with Gasteiger partial charge in [-0.2, -0.15) is 0 Å². The first kappa shape index (κ1) is 17.5. The summed E-state index contributed by atoms with van der Waals surface area (Å²) in [6.45, 7) is 4.75. The molecule has 1 aliphatic rings. The van der Waals surface area contributed by atoms with E-state index in [1.165, 1.54) is 4.90 Å². The topological polar surface area (TPSA) is 77.9 Å². The summed E-state index contributed by atoms with van der Waals surface area (Å²) in [6, 6.07) is 0. The summed E-state index contributed by atoms with van der Waals surface area (Å²) in [4.78, 5) is 38.3. The van der Waals surface area contributed by atoms with Crippen LogP contribution in [-0.4, -0.2) is 59.4 Å². The van der Waals surface area contributed by atoms with Gasteiger partial charge in [0.2, 0.25) is 11.8 Å². The van der Waals surface area contributed by atoms with E-state index in [0.717, 1.165) is 12.8 Å². The van der Waals surface area contributed by atoms with E-state index in [-0.39, 0.29) is 30.8 Å². The van der Waals surface area contributed by atoms with Crippen LogP contribution in [0.4, 0.5) is 0 Å². The van der Waals surface area contributed by atoms with Crippen LogP contribution in [0.15, 0.2) is 0 Å². The first-order valence-electron chi connectivity index (χ1n) is 7.62. The Kier molecular flexibility index (Phi) is 6.65. The third-order valence-electron chi connectivity index (χ3n) is 4.02. The Hall–Kier alpha value is -1.59. The van der Waals surface area contributed by atoms with E-state index in [9.17, 15) is 14.4 Å². The number of rotatable bonds is 6. The van der Waals surface area contributed by atoms with Crippen LogP contribution in [0.2, 0.25) is 0 Å². The molecule has 6 heteroatoms. The predicted octanol–water partition coefficient (Wildman–Crippen LogP) is 1.20. The SMILES string of the molecule is CCCC(C)C(=O)N(C)CC(=O)N1CCCC(C(=O)O)C1. The van der Waals surface area contributed by atoms with Gasteiger partial charge in [0.1, 0.15) is 0 Å². The fourth-order valence-corrected chi connectivity index (χ4v) is 2.72. The minimum Gasteiger partial charge on any atom is -0.481 e. The lowest BCUT2D eigenvalue weighted by Gasteiger charge is -2.32. The number of carboxylic acid groups (broad SMARTS) is 1. The van der Waals surface area contributed by atoms with Gasteiger partial charge in [0, 0.05) is 26.1 Å². The van der Waals surface area contributed by atoms with Gasteiger partial charge in [-0.05, 0) is 19.3 Å².